The van der Waals surface area contributed by atoms with Crippen molar-refractivity contribution in [3.05, 3.63) is 69.2 Å². The highest BCUT2D eigenvalue weighted by atomic mass is 79.9. The molecule has 2 aromatic rings. The molecule has 1 fully saturated rings. The maximum Gasteiger partial charge on any atom is 0.224 e. The van der Waals surface area contributed by atoms with E-state index in [0.29, 0.717) is 6.54 Å². The Morgan fingerprint density at radius 3 is 2.79 bits per heavy atom. The van der Waals surface area contributed by atoms with Crippen LogP contribution in [0.4, 0.5) is 0 Å². The van der Waals surface area contributed by atoms with E-state index in [1.54, 1.807) is 11.8 Å². The molecular formula is C22H26BrClN2OS. The highest BCUT2D eigenvalue weighted by Crippen LogP contribution is 2.21. The van der Waals surface area contributed by atoms with E-state index in [0.717, 1.165) is 59.0 Å². The zero-order valence-electron chi connectivity index (χ0n) is 15.9. The second kappa shape index (κ2) is 11.2. The van der Waals surface area contributed by atoms with Gasteiger partial charge in [0, 0.05) is 40.6 Å². The fourth-order valence-corrected chi connectivity index (χ4v) is 4.86. The summed E-state index contributed by atoms with van der Waals surface area (Å²) in [5.74, 6) is 2.06. The van der Waals surface area contributed by atoms with Crippen molar-refractivity contribution in [2.24, 2.45) is 5.92 Å². The third-order valence-electron chi connectivity index (χ3n) is 4.96. The van der Waals surface area contributed by atoms with Crippen LogP contribution in [0, 0.1) is 5.92 Å². The minimum absolute atomic E-state index is 0.0952. The molecule has 1 saturated heterocycles. The first-order valence-corrected chi connectivity index (χ1v) is 12.0. The molecule has 6 heteroatoms. The van der Waals surface area contributed by atoms with Crippen LogP contribution in [0.2, 0.25) is 5.02 Å². The second-order valence-corrected chi connectivity index (χ2v) is 9.56. The van der Waals surface area contributed by atoms with E-state index < -0.39 is 0 Å². The maximum atomic E-state index is 12.6. The Kier molecular flexibility index (Phi) is 8.71. The SMILES string of the molecule is O=C(NCCSCc1ccccc1Cl)C1CCCN(Cc2ccc(Br)cc2)C1. The molecular weight excluding hydrogens is 456 g/mol. The average Bonchev–Trinajstić information content (AvgIpc) is 2.71. The van der Waals surface area contributed by atoms with Gasteiger partial charge in [0.25, 0.3) is 0 Å². The van der Waals surface area contributed by atoms with Crippen LogP contribution in [-0.4, -0.2) is 36.2 Å². The molecule has 1 atom stereocenters. The highest BCUT2D eigenvalue weighted by molar-refractivity contribution is 9.10. The number of thioether (sulfide) groups is 1. The van der Waals surface area contributed by atoms with E-state index in [-0.39, 0.29) is 11.8 Å². The van der Waals surface area contributed by atoms with Gasteiger partial charge in [-0.15, -0.1) is 0 Å². The van der Waals surface area contributed by atoms with Crippen LogP contribution in [0.15, 0.2) is 53.0 Å². The quantitative estimate of drug-likeness (QED) is 0.515. The molecule has 0 spiro atoms. The summed E-state index contributed by atoms with van der Waals surface area (Å²) < 4.78 is 1.10. The van der Waals surface area contributed by atoms with Gasteiger partial charge in [-0.1, -0.05) is 57.9 Å². The summed E-state index contributed by atoms with van der Waals surface area (Å²) in [5, 5.41) is 3.93. The number of hydrogen-bond acceptors (Lipinski definition) is 3. The fraction of sp³-hybridized carbons (Fsp3) is 0.409. The van der Waals surface area contributed by atoms with Crippen molar-refractivity contribution in [3.8, 4) is 0 Å². The number of likely N-dealkylation sites (tertiary alicyclic amines) is 1. The molecule has 0 saturated carbocycles. The molecule has 28 heavy (non-hydrogen) atoms. The van der Waals surface area contributed by atoms with Crippen LogP contribution >= 0.6 is 39.3 Å². The Bertz CT molecular complexity index is 771. The van der Waals surface area contributed by atoms with Crippen LogP contribution in [0.3, 0.4) is 0 Å². The van der Waals surface area contributed by atoms with E-state index in [2.05, 4.69) is 56.5 Å². The zero-order valence-corrected chi connectivity index (χ0v) is 19.0. The number of benzene rings is 2. The molecule has 1 unspecified atom stereocenters. The van der Waals surface area contributed by atoms with Crippen LogP contribution in [0.1, 0.15) is 24.0 Å². The Morgan fingerprint density at radius 1 is 1.21 bits per heavy atom. The number of hydrogen-bond donors (Lipinski definition) is 1. The number of piperidine rings is 1. The smallest absolute Gasteiger partial charge is 0.224 e. The Morgan fingerprint density at radius 2 is 2.00 bits per heavy atom. The maximum absolute atomic E-state index is 12.6. The molecule has 1 amide bonds. The summed E-state index contributed by atoms with van der Waals surface area (Å²) in [6, 6.07) is 16.4. The van der Waals surface area contributed by atoms with Gasteiger partial charge in [-0.05, 0) is 48.7 Å². The van der Waals surface area contributed by atoms with Crippen molar-refractivity contribution in [2.45, 2.75) is 25.1 Å². The van der Waals surface area contributed by atoms with Crippen molar-refractivity contribution >= 4 is 45.2 Å². The largest absolute Gasteiger partial charge is 0.355 e. The molecule has 0 radical (unpaired) electrons. The first-order chi connectivity index (χ1) is 13.6. The summed E-state index contributed by atoms with van der Waals surface area (Å²) in [7, 11) is 0. The predicted molar refractivity (Wildman–Crippen MR) is 123 cm³/mol. The van der Waals surface area contributed by atoms with Gasteiger partial charge in [0.15, 0.2) is 0 Å². The Hall–Kier alpha value is -1.01. The van der Waals surface area contributed by atoms with Gasteiger partial charge < -0.3 is 5.32 Å². The minimum atomic E-state index is 0.0952. The predicted octanol–water partition coefficient (Wildman–Crippen LogP) is 5.36. The van der Waals surface area contributed by atoms with Crippen molar-refractivity contribution < 1.29 is 4.79 Å². The molecule has 3 nitrogen and oxygen atoms in total. The first-order valence-electron chi connectivity index (χ1n) is 9.67. The zero-order chi connectivity index (χ0) is 19.8. The topological polar surface area (TPSA) is 32.3 Å². The van der Waals surface area contributed by atoms with Crippen LogP contribution < -0.4 is 5.32 Å². The van der Waals surface area contributed by atoms with Crippen molar-refractivity contribution in [3.63, 3.8) is 0 Å². The molecule has 1 aliphatic rings. The summed E-state index contributed by atoms with van der Waals surface area (Å²) in [5.41, 5.74) is 2.44. The number of rotatable bonds is 8. The standard InChI is InChI=1S/C22H26BrClN2OS/c23-20-9-7-17(8-10-20)14-26-12-3-5-18(15-26)22(27)25-11-13-28-16-19-4-1-2-6-21(19)24/h1-2,4,6-10,18H,3,5,11-16H2,(H,25,27). The lowest BCUT2D eigenvalue weighted by Gasteiger charge is -2.32. The van der Waals surface area contributed by atoms with Gasteiger partial charge in [0.2, 0.25) is 5.91 Å². The molecule has 0 aliphatic carbocycles. The summed E-state index contributed by atoms with van der Waals surface area (Å²) in [4.78, 5) is 14.9. The van der Waals surface area contributed by atoms with Crippen LogP contribution in [0.5, 0.6) is 0 Å². The van der Waals surface area contributed by atoms with Gasteiger partial charge in [0.1, 0.15) is 0 Å². The van der Waals surface area contributed by atoms with Crippen molar-refractivity contribution in [2.75, 3.05) is 25.4 Å². The molecule has 0 bridgehead atoms. The van der Waals surface area contributed by atoms with Crippen molar-refractivity contribution in [1.82, 2.24) is 10.2 Å². The molecule has 3 rings (SSSR count). The number of nitrogens with zero attached hydrogens (tertiary/aromatic N) is 1. The van der Waals surface area contributed by atoms with E-state index in [1.807, 2.05) is 18.2 Å². The number of nitrogens with one attached hydrogen (secondary N) is 1. The Labute approximate surface area is 185 Å². The van der Waals surface area contributed by atoms with E-state index in [1.165, 1.54) is 5.56 Å². The van der Waals surface area contributed by atoms with Gasteiger partial charge in [-0.3, -0.25) is 9.69 Å². The van der Waals surface area contributed by atoms with Crippen LogP contribution in [-0.2, 0) is 17.1 Å². The Balaban J connectivity index is 1.36. The average molecular weight is 482 g/mol. The molecule has 0 aromatic heterocycles. The number of amides is 1. The van der Waals surface area contributed by atoms with E-state index >= 15 is 0 Å². The normalized spacial score (nSPS) is 17.4. The van der Waals surface area contributed by atoms with Crippen LogP contribution in [0.25, 0.3) is 0 Å². The third kappa shape index (κ3) is 6.80. The summed E-state index contributed by atoms with van der Waals surface area (Å²) in [6.07, 6.45) is 2.06. The van der Waals surface area contributed by atoms with Gasteiger partial charge in [0.05, 0.1) is 5.92 Å². The van der Waals surface area contributed by atoms with Crippen molar-refractivity contribution in [1.29, 1.82) is 0 Å². The lowest BCUT2D eigenvalue weighted by atomic mass is 9.96. The summed E-state index contributed by atoms with van der Waals surface area (Å²) in [6.45, 7) is 3.52. The van der Waals surface area contributed by atoms with Gasteiger partial charge in [-0.2, -0.15) is 11.8 Å². The number of halogens is 2. The van der Waals surface area contributed by atoms with E-state index in [4.69, 9.17) is 11.6 Å². The first kappa shape index (κ1) is 21.7. The second-order valence-electron chi connectivity index (χ2n) is 7.14. The molecule has 1 heterocycles. The molecule has 2 aromatic carbocycles. The molecule has 1 N–H and O–H groups in total. The van der Waals surface area contributed by atoms with Gasteiger partial charge >= 0.3 is 0 Å². The third-order valence-corrected chi connectivity index (χ3v) is 6.86. The monoisotopic (exact) mass is 480 g/mol. The number of carbonyl (C=O) groups is 1. The lowest BCUT2D eigenvalue weighted by molar-refractivity contribution is -0.126. The lowest BCUT2D eigenvalue weighted by Crippen LogP contribution is -2.43. The highest BCUT2D eigenvalue weighted by Gasteiger charge is 2.25. The molecule has 150 valence electrons. The summed E-state index contributed by atoms with van der Waals surface area (Å²) >= 11 is 11.5. The molecule has 1 aliphatic heterocycles. The fourth-order valence-electron chi connectivity index (χ4n) is 3.45. The van der Waals surface area contributed by atoms with Gasteiger partial charge in [-0.25, -0.2) is 0 Å². The van der Waals surface area contributed by atoms with E-state index in [9.17, 15) is 4.79 Å². The minimum Gasteiger partial charge on any atom is -0.355 e. The number of carbonyl (C=O) groups excluding carboxylic acids is 1.